The van der Waals surface area contributed by atoms with Crippen molar-refractivity contribution in [3.63, 3.8) is 0 Å². The topological polar surface area (TPSA) is 89.0 Å². The largest absolute Gasteiger partial charge is 0.483 e. The van der Waals surface area contributed by atoms with E-state index in [0.29, 0.717) is 42.7 Å². The van der Waals surface area contributed by atoms with Crippen molar-refractivity contribution < 1.29 is 22.7 Å². The maximum atomic E-state index is 13.2. The van der Waals surface area contributed by atoms with Crippen LogP contribution in [-0.4, -0.2) is 76.5 Å². The highest BCUT2D eigenvalue weighted by atomic mass is 32.2. The normalized spacial score (nSPS) is 15.0. The van der Waals surface area contributed by atoms with E-state index in [9.17, 15) is 13.2 Å². The van der Waals surface area contributed by atoms with E-state index in [1.807, 2.05) is 31.2 Å². The molecule has 8 nitrogen and oxygen atoms in total. The Bertz CT molecular complexity index is 1240. The number of rotatable bonds is 8. The van der Waals surface area contributed by atoms with Crippen LogP contribution in [0.5, 0.6) is 5.75 Å². The number of carbonyl (C=O) groups is 1. The predicted molar refractivity (Wildman–Crippen MR) is 129 cm³/mol. The molecule has 0 spiro atoms. The van der Waals surface area contributed by atoms with Crippen LogP contribution in [0, 0.1) is 6.92 Å². The van der Waals surface area contributed by atoms with E-state index in [1.165, 1.54) is 17.6 Å². The number of sulfone groups is 1. The second kappa shape index (κ2) is 10.2. The lowest BCUT2D eigenvalue weighted by Crippen LogP contribution is -2.44. The van der Waals surface area contributed by atoms with Crippen LogP contribution in [0.1, 0.15) is 5.56 Å². The molecule has 2 heterocycles. The number of morpholine rings is 1. The molecule has 3 aromatic rings. The van der Waals surface area contributed by atoms with Crippen LogP contribution in [0.15, 0.2) is 47.4 Å². The molecular weight excluding hydrogens is 462 g/mol. The predicted octanol–water partition coefficient (Wildman–Crippen LogP) is 2.75. The van der Waals surface area contributed by atoms with Gasteiger partial charge in [-0.25, -0.2) is 13.4 Å². The van der Waals surface area contributed by atoms with Gasteiger partial charge in [0.1, 0.15) is 5.75 Å². The third-order valence-electron chi connectivity index (χ3n) is 5.50. The average molecular weight is 490 g/mol. The maximum absolute atomic E-state index is 13.2. The monoisotopic (exact) mass is 489 g/mol. The van der Waals surface area contributed by atoms with Gasteiger partial charge >= 0.3 is 0 Å². The summed E-state index contributed by atoms with van der Waals surface area (Å²) in [5, 5.41) is 0.530. The fraction of sp³-hybridized carbons (Fsp3) is 0.391. The Kier molecular flexibility index (Phi) is 7.28. The van der Waals surface area contributed by atoms with E-state index < -0.39 is 9.84 Å². The van der Waals surface area contributed by atoms with Gasteiger partial charge in [0.2, 0.25) is 0 Å². The van der Waals surface area contributed by atoms with Gasteiger partial charge in [0.15, 0.2) is 21.6 Å². The van der Waals surface area contributed by atoms with Crippen LogP contribution in [0.4, 0.5) is 5.13 Å². The highest BCUT2D eigenvalue weighted by Crippen LogP contribution is 2.31. The van der Waals surface area contributed by atoms with Gasteiger partial charge in [0.05, 0.1) is 28.3 Å². The van der Waals surface area contributed by atoms with E-state index >= 15 is 0 Å². The molecule has 0 N–H and O–H groups in total. The molecule has 0 atom stereocenters. The Morgan fingerprint density at radius 1 is 1.21 bits per heavy atom. The van der Waals surface area contributed by atoms with Gasteiger partial charge < -0.3 is 9.47 Å². The zero-order chi connectivity index (χ0) is 23.4. The minimum atomic E-state index is -3.33. The van der Waals surface area contributed by atoms with Gasteiger partial charge in [-0.2, -0.15) is 0 Å². The van der Waals surface area contributed by atoms with Gasteiger partial charge in [0.25, 0.3) is 5.91 Å². The van der Waals surface area contributed by atoms with Crippen molar-refractivity contribution >= 4 is 42.4 Å². The van der Waals surface area contributed by atoms with Crippen LogP contribution in [-0.2, 0) is 19.4 Å². The Labute approximate surface area is 197 Å². The van der Waals surface area contributed by atoms with Crippen LogP contribution < -0.4 is 9.64 Å². The highest BCUT2D eigenvalue weighted by molar-refractivity contribution is 7.90. The second-order valence-electron chi connectivity index (χ2n) is 7.95. The van der Waals surface area contributed by atoms with Gasteiger partial charge in [-0.05, 0) is 36.8 Å². The molecule has 10 heteroatoms. The zero-order valence-corrected chi connectivity index (χ0v) is 20.3. The lowest BCUT2D eigenvalue weighted by molar-refractivity contribution is -0.120. The van der Waals surface area contributed by atoms with Gasteiger partial charge in [0, 0.05) is 32.4 Å². The molecule has 1 aromatic heterocycles. The number of anilines is 1. The fourth-order valence-electron chi connectivity index (χ4n) is 3.57. The molecule has 33 heavy (non-hydrogen) atoms. The lowest BCUT2D eigenvalue weighted by Gasteiger charge is -2.29. The number of thiazole rings is 1. The number of hydrogen-bond donors (Lipinski definition) is 0. The minimum Gasteiger partial charge on any atom is -0.483 e. The van der Waals surface area contributed by atoms with Crippen molar-refractivity contribution in [2.24, 2.45) is 0 Å². The minimum absolute atomic E-state index is 0.113. The Morgan fingerprint density at radius 2 is 1.97 bits per heavy atom. The van der Waals surface area contributed by atoms with Crippen molar-refractivity contribution in [1.82, 2.24) is 9.88 Å². The first-order valence-electron chi connectivity index (χ1n) is 10.7. The Morgan fingerprint density at radius 3 is 2.70 bits per heavy atom. The molecule has 0 radical (unpaired) electrons. The molecule has 0 saturated carbocycles. The molecule has 0 unspecified atom stereocenters. The van der Waals surface area contributed by atoms with Crippen molar-refractivity contribution in [3.8, 4) is 5.75 Å². The van der Waals surface area contributed by atoms with Crippen LogP contribution >= 0.6 is 11.3 Å². The Hall–Kier alpha value is -2.53. The smallest absolute Gasteiger partial charge is 0.266 e. The standard InChI is InChI=1S/C23H27N3O5S2/c1-17-5-3-4-6-20(17)31-16-22(27)26(10-9-25-11-13-30-14-12-25)23-24-19-8-7-18(33(2,28)29)15-21(19)32-23/h3-8,15H,9-14,16H2,1-2H3. The first-order chi connectivity index (χ1) is 15.8. The summed E-state index contributed by atoms with van der Waals surface area (Å²) in [6, 6.07) is 12.4. The van der Waals surface area contributed by atoms with E-state index in [2.05, 4.69) is 9.88 Å². The van der Waals surface area contributed by atoms with E-state index in [1.54, 1.807) is 23.1 Å². The number of benzene rings is 2. The molecule has 1 aliphatic heterocycles. The first kappa shape index (κ1) is 23.6. The summed E-state index contributed by atoms with van der Waals surface area (Å²) in [6.45, 7) is 5.96. The maximum Gasteiger partial charge on any atom is 0.266 e. The molecule has 1 aliphatic rings. The summed E-state index contributed by atoms with van der Waals surface area (Å²) in [6.07, 6.45) is 1.18. The molecule has 4 rings (SSSR count). The molecule has 2 aromatic carbocycles. The summed E-state index contributed by atoms with van der Waals surface area (Å²) in [4.78, 5) is 22.0. The van der Waals surface area contributed by atoms with E-state index in [4.69, 9.17) is 9.47 Å². The van der Waals surface area contributed by atoms with Gasteiger partial charge in [-0.3, -0.25) is 14.6 Å². The summed E-state index contributed by atoms with van der Waals surface area (Å²) < 4.78 is 35.8. The molecule has 176 valence electrons. The Balaban J connectivity index is 1.57. The third kappa shape index (κ3) is 5.89. The molecule has 1 amide bonds. The van der Waals surface area contributed by atoms with Gasteiger partial charge in [-0.1, -0.05) is 29.5 Å². The number of aryl methyl sites for hydroxylation is 1. The van der Waals surface area contributed by atoms with Crippen molar-refractivity contribution in [2.45, 2.75) is 11.8 Å². The number of amides is 1. The molecule has 0 aliphatic carbocycles. The lowest BCUT2D eigenvalue weighted by atomic mass is 10.2. The zero-order valence-electron chi connectivity index (χ0n) is 18.7. The first-order valence-corrected chi connectivity index (χ1v) is 13.4. The number of ether oxygens (including phenoxy) is 2. The van der Waals surface area contributed by atoms with Crippen LogP contribution in [0.25, 0.3) is 10.2 Å². The number of fused-ring (bicyclic) bond motifs is 1. The number of nitrogens with zero attached hydrogens (tertiary/aromatic N) is 3. The van der Waals surface area contributed by atoms with Gasteiger partial charge in [-0.15, -0.1) is 0 Å². The second-order valence-corrected chi connectivity index (χ2v) is 11.0. The molecular formula is C23H27N3O5S2. The summed E-state index contributed by atoms with van der Waals surface area (Å²) in [5.74, 6) is 0.468. The highest BCUT2D eigenvalue weighted by Gasteiger charge is 2.23. The summed E-state index contributed by atoms with van der Waals surface area (Å²) in [7, 11) is -3.33. The molecule has 0 bridgehead atoms. The number of aromatic nitrogens is 1. The number of carbonyl (C=O) groups excluding carboxylic acids is 1. The van der Waals surface area contributed by atoms with E-state index in [0.717, 1.165) is 23.4 Å². The van der Waals surface area contributed by atoms with Crippen molar-refractivity contribution in [1.29, 1.82) is 0 Å². The van der Waals surface area contributed by atoms with E-state index in [-0.39, 0.29) is 17.4 Å². The van der Waals surface area contributed by atoms with Crippen molar-refractivity contribution in [2.75, 3.05) is 57.2 Å². The quantitative estimate of drug-likeness (QED) is 0.481. The third-order valence-corrected chi connectivity index (χ3v) is 7.65. The fourth-order valence-corrected chi connectivity index (χ4v) is 5.34. The summed E-state index contributed by atoms with van der Waals surface area (Å²) in [5.41, 5.74) is 1.62. The van der Waals surface area contributed by atoms with Crippen LogP contribution in [0.3, 0.4) is 0 Å². The number of para-hydroxylation sites is 1. The van der Waals surface area contributed by atoms with Crippen LogP contribution in [0.2, 0.25) is 0 Å². The summed E-state index contributed by atoms with van der Waals surface area (Å²) >= 11 is 1.31. The molecule has 1 fully saturated rings. The SMILES string of the molecule is Cc1ccccc1OCC(=O)N(CCN1CCOCC1)c1nc2ccc(S(C)(=O)=O)cc2s1. The van der Waals surface area contributed by atoms with Crippen molar-refractivity contribution in [3.05, 3.63) is 48.0 Å². The number of hydrogen-bond acceptors (Lipinski definition) is 8. The average Bonchev–Trinajstić information content (AvgIpc) is 3.22. The molecule has 1 saturated heterocycles.